The molecule has 10 heteroatoms. The smallest absolute Gasteiger partial charge is 0.326 e. The molecule has 3 rings (SSSR count). The number of amides is 4. The van der Waals surface area contributed by atoms with E-state index in [0.29, 0.717) is 21.5 Å². The number of hydrogen-bond donors (Lipinski definition) is 3. The lowest BCUT2D eigenvalue weighted by Gasteiger charge is -2.14. The van der Waals surface area contributed by atoms with Gasteiger partial charge in [0.25, 0.3) is 11.8 Å². The molecule has 3 N–H and O–H groups in total. The van der Waals surface area contributed by atoms with Crippen LogP contribution in [0.4, 0.5) is 14.9 Å². The minimum atomic E-state index is -0.598. The van der Waals surface area contributed by atoms with Crippen molar-refractivity contribution in [3.05, 3.63) is 57.9 Å². The second kappa shape index (κ2) is 8.74. The standard InChI is InChI=1S/C19H15BrFN3O5/c1-28-15-8-10(7-14-18(26)24-19(27)23-14)6-13(20)17(15)29-9-16(25)22-12-4-2-11(21)3-5-12/h2-8H,9H2,1H3,(H,22,25)(H2,23,24,26,27)/b14-7+. The van der Waals surface area contributed by atoms with Crippen molar-refractivity contribution in [1.82, 2.24) is 10.6 Å². The lowest BCUT2D eigenvalue weighted by molar-refractivity contribution is -0.118. The number of nitrogens with one attached hydrogen (secondary N) is 3. The van der Waals surface area contributed by atoms with Crippen LogP contribution < -0.4 is 25.4 Å². The first-order valence-electron chi connectivity index (χ1n) is 8.25. The maximum absolute atomic E-state index is 12.9. The number of methoxy groups -OCH3 is 1. The lowest BCUT2D eigenvalue weighted by Crippen LogP contribution is -2.22. The van der Waals surface area contributed by atoms with Crippen molar-refractivity contribution < 1.29 is 28.2 Å². The molecule has 29 heavy (non-hydrogen) atoms. The zero-order valence-corrected chi connectivity index (χ0v) is 16.6. The lowest BCUT2D eigenvalue weighted by atomic mass is 10.1. The fourth-order valence-corrected chi connectivity index (χ4v) is 3.05. The third kappa shape index (κ3) is 5.11. The van der Waals surface area contributed by atoms with Gasteiger partial charge in [0.1, 0.15) is 11.5 Å². The molecule has 1 fully saturated rings. The third-order valence-corrected chi connectivity index (χ3v) is 4.35. The first-order valence-corrected chi connectivity index (χ1v) is 9.05. The molecule has 150 valence electrons. The van der Waals surface area contributed by atoms with Gasteiger partial charge < -0.3 is 20.1 Å². The summed E-state index contributed by atoms with van der Waals surface area (Å²) in [5.74, 6) is -0.794. The Morgan fingerprint density at radius 3 is 2.55 bits per heavy atom. The fourth-order valence-electron chi connectivity index (χ4n) is 2.48. The molecule has 1 aliphatic rings. The molecule has 0 radical (unpaired) electrons. The Hall–Kier alpha value is -3.40. The highest BCUT2D eigenvalue weighted by molar-refractivity contribution is 9.10. The van der Waals surface area contributed by atoms with Crippen molar-refractivity contribution >= 4 is 45.5 Å². The van der Waals surface area contributed by atoms with Crippen molar-refractivity contribution in [3.63, 3.8) is 0 Å². The van der Waals surface area contributed by atoms with Crippen LogP contribution in [0.25, 0.3) is 6.08 Å². The summed E-state index contributed by atoms with van der Waals surface area (Å²) in [5.41, 5.74) is 1.09. The average molecular weight is 464 g/mol. The van der Waals surface area contributed by atoms with Crippen LogP contribution in [0.2, 0.25) is 0 Å². The summed E-state index contributed by atoms with van der Waals surface area (Å²) in [5, 5.41) is 7.08. The highest BCUT2D eigenvalue weighted by Gasteiger charge is 2.23. The van der Waals surface area contributed by atoms with Gasteiger partial charge in [0.2, 0.25) is 0 Å². The number of carbonyl (C=O) groups is 3. The molecule has 1 saturated heterocycles. The molecule has 0 unspecified atom stereocenters. The Morgan fingerprint density at radius 1 is 1.21 bits per heavy atom. The van der Waals surface area contributed by atoms with Crippen LogP contribution in [0.15, 0.2) is 46.6 Å². The van der Waals surface area contributed by atoms with Gasteiger partial charge >= 0.3 is 6.03 Å². The van der Waals surface area contributed by atoms with E-state index in [0.717, 1.165) is 0 Å². The molecule has 1 heterocycles. The van der Waals surface area contributed by atoms with E-state index in [-0.39, 0.29) is 18.1 Å². The summed E-state index contributed by atoms with van der Waals surface area (Å²) in [4.78, 5) is 34.9. The maximum Gasteiger partial charge on any atom is 0.326 e. The van der Waals surface area contributed by atoms with Crippen LogP contribution in [0.1, 0.15) is 5.56 Å². The second-order valence-electron chi connectivity index (χ2n) is 5.84. The van der Waals surface area contributed by atoms with E-state index in [1.807, 2.05) is 0 Å². The van der Waals surface area contributed by atoms with Crippen molar-refractivity contribution in [2.24, 2.45) is 0 Å². The number of halogens is 2. The van der Waals surface area contributed by atoms with E-state index in [4.69, 9.17) is 9.47 Å². The van der Waals surface area contributed by atoms with E-state index in [9.17, 15) is 18.8 Å². The number of imide groups is 1. The van der Waals surface area contributed by atoms with Gasteiger partial charge in [-0.2, -0.15) is 0 Å². The van der Waals surface area contributed by atoms with Gasteiger partial charge in [-0.3, -0.25) is 14.9 Å². The topological polar surface area (TPSA) is 106 Å². The molecule has 0 bridgehead atoms. The van der Waals surface area contributed by atoms with Crippen molar-refractivity contribution in [2.75, 3.05) is 19.0 Å². The molecule has 0 aromatic heterocycles. The molecular weight excluding hydrogens is 449 g/mol. The highest BCUT2D eigenvalue weighted by atomic mass is 79.9. The molecule has 4 amide bonds. The van der Waals surface area contributed by atoms with Crippen LogP contribution in [0.3, 0.4) is 0 Å². The predicted octanol–water partition coefficient (Wildman–Crippen LogP) is 2.79. The summed E-state index contributed by atoms with van der Waals surface area (Å²) < 4.78 is 24.2. The Bertz CT molecular complexity index is 1010. The van der Waals surface area contributed by atoms with Crippen molar-refractivity contribution in [3.8, 4) is 11.5 Å². The zero-order valence-electron chi connectivity index (χ0n) is 15.0. The van der Waals surface area contributed by atoms with E-state index >= 15 is 0 Å². The molecule has 8 nitrogen and oxygen atoms in total. The van der Waals surface area contributed by atoms with Crippen LogP contribution in [0.5, 0.6) is 11.5 Å². The first-order chi connectivity index (χ1) is 13.9. The quantitative estimate of drug-likeness (QED) is 0.451. The summed E-state index contributed by atoms with van der Waals surface area (Å²) in [6.45, 7) is -0.314. The van der Waals surface area contributed by atoms with E-state index < -0.39 is 23.7 Å². The molecule has 0 saturated carbocycles. The first kappa shape index (κ1) is 20.3. The molecule has 2 aromatic carbocycles. The van der Waals surface area contributed by atoms with Crippen molar-refractivity contribution in [2.45, 2.75) is 0 Å². The molecular formula is C19H15BrFN3O5. The summed E-state index contributed by atoms with van der Waals surface area (Å²) >= 11 is 3.34. The molecule has 1 aliphatic heterocycles. The number of carbonyl (C=O) groups excluding carboxylic acids is 3. The fraction of sp³-hybridized carbons (Fsp3) is 0.105. The SMILES string of the molecule is COc1cc(/C=C2/NC(=O)NC2=O)cc(Br)c1OCC(=O)Nc1ccc(F)cc1. The number of rotatable bonds is 6. The zero-order chi connectivity index (χ0) is 21.0. The van der Waals surface area contributed by atoms with Gasteiger partial charge in [-0.1, -0.05) is 0 Å². The van der Waals surface area contributed by atoms with Crippen LogP contribution in [-0.4, -0.2) is 31.6 Å². The maximum atomic E-state index is 12.9. The van der Waals surface area contributed by atoms with Gasteiger partial charge in [-0.25, -0.2) is 9.18 Å². The largest absolute Gasteiger partial charge is 0.493 e. The van der Waals surface area contributed by atoms with E-state index in [1.165, 1.54) is 37.5 Å². The van der Waals surface area contributed by atoms with Crippen LogP contribution in [-0.2, 0) is 9.59 Å². The van der Waals surface area contributed by atoms with Crippen LogP contribution >= 0.6 is 15.9 Å². The Balaban J connectivity index is 1.71. The Morgan fingerprint density at radius 2 is 1.93 bits per heavy atom. The summed E-state index contributed by atoms with van der Waals surface area (Å²) in [6.07, 6.45) is 1.47. The van der Waals surface area contributed by atoms with Gasteiger partial charge in [0.05, 0.1) is 11.6 Å². The Kier molecular flexibility index (Phi) is 6.13. The molecule has 0 spiro atoms. The normalized spacial score (nSPS) is 14.4. The third-order valence-electron chi connectivity index (χ3n) is 3.76. The number of anilines is 1. The number of ether oxygens (including phenoxy) is 2. The highest BCUT2D eigenvalue weighted by Crippen LogP contribution is 2.37. The van der Waals surface area contributed by atoms with Crippen LogP contribution in [0, 0.1) is 5.82 Å². The monoisotopic (exact) mass is 463 g/mol. The minimum absolute atomic E-state index is 0.0938. The second-order valence-corrected chi connectivity index (χ2v) is 6.70. The molecule has 0 atom stereocenters. The summed E-state index contributed by atoms with van der Waals surface area (Å²) in [7, 11) is 1.42. The van der Waals surface area contributed by atoms with E-state index in [2.05, 4.69) is 31.9 Å². The predicted molar refractivity (Wildman–Crippen MR) is 106 cm³/mol. The van der Waals surface area contributed by atoms with Crippen molar-refractivity contribution in [1.29, 1.82) is 0 Å². The van der Waals surface area contributed by atoms with Gasteiger partial charge in [-0.05, 0) is 64.0 Å². The number of hydrogen-bond acceptors (Lipinski definition) is 5. The Labute approximate surface area is 173 Å². The minimum Gasteiger partial charge on any atom is -0.493 e. The number of benzene rings is 2. The molecule has 0 aliphatic carbocycles. The van der Waals surface area contributed by atoms with Gasteiger partial charge in [0, 0.05) is 5.69 Å². The summed E-state index contributed by atoms with van der Waals surface area (Å²) in [6, 6.07) is 7.96. The van der Waals surface area contributed by atoms with Gasteiger partial charge in [0.15, 0.2) is 18.1 Å². The van der Waals surface area contributed by atoms with Gasteiger partial charge in [-0.15, -0.1) is 0 Å². The number of urea groups is 1. The molecule has 2 aromatic rings. The van der Waals surface area contributed by atoms with E-state index in [1.54, 1.807) is 12.1 Å². The average Bonchev–Trinajstić information content (AvgIpc) is 2.99.